The maximum Gasteiger partial charge on any atom is 0.251 e. The van der Waals surface area contributed by atoms with Gasteiger partial charge in [0, 0.05) is 12.1 Å². The smallest absolute Gasteiger partial charge is 0.251 e. The molecule has 3 rings (SSSR count). The van der Waals surface area contributed by atoms with Crippen LogP contribution < -0.4 is 24.3 Å². The van der Waals surface area contributed by atoms with E-state index >= 15 is 0 Å². The van der Waals surface area contributed by atoms with Crippen molar-refractivity contribution in [2.75, 3.05) is 20.5 Å². The maximum absolute atomic E-state index is 12.3. The van der Waals surface area contributed by atoms with E-state index in [2.05, 4.69) is 5.32 Å². The number of amides is 1. The van der Waals surface area contributed by atoms with Crippen molar-refractivity contribution in [3.8, 4) is 23.0 Å². The first-order valence-electron chi connectivity index (χ1n) is 7.69. The Labute approximate surface area is 140 Å². The van der Waals surface area contributed by atoms with E-state index in [1.165, 1.54) is 0 Å². The number of carbonyl (C=O) groups is 1. The van der Waals surface area contributed by atoms with E-state index in [1.807, 2.05) is 25.1 Å². The van der Waals surface area contributed by atoms with Gasteiger partial charge in [-0.25, -0.2) is 0 Å². The third-order valence-electron chi connectivity index (χ3n) is 3.62. The van der Waals surface area contributed by atoms with Crippen molar-refractivity contribution < 1.29 is 23.7 Å². The molecule has 0 unspecified atom stereocenters. The molecule has 0 saturated carbocycles. The lowest BCUT2D eigenvalue weighted by Gasteiger charge is -2.11. The molecule has 0 fully saturated rings. The van der Waals surface area contributed by atoms with Crippen LogP contribution in [-0.4, -0.2) is 26.4 Å². The molecule has 0 atom stereocenters. The average molecular weight is 329 g/mol. The number of methoxy groups -OCH3 is 1. The lowest BCUT2D eigenvalue weighted by atomic mass is 10.1. The third-order valence-corrected chi connectivity index (χ3v) is 3.62. The quantitative estimate of drug-likeness (QED) is 0.883. The van der Waals surface area contributed by atoms with Crippen LogP contribution in [0.4, 0.5) is 0 Å². The monoisotopic (exact) mass is 329 g/mol. The second-order valence-corrected chi connectivity index (χ2v) is 5.17. The summed E-state index contributed by atoms with van der Waals surface area (Å²) < 4.78 is 21.3. The van der Waals surface area contributed by atoms with Crippen LogP contribution >= 0.6 is 0 Å². The zero-order valence-corrected chi connectivity index (χ0v) is 13.6. The van der Waals surface area contributed by atoms with Gasteiger partial charge in [0.2, 0.25) is 6.79 Å². The lowest BCUT2D eigenvalue weighted by Crippen LogP contribution is -2.22. The molecule has 0 aromatic heterocycles. The Hall–Kier alpha value is -2.89. The molecule has 0 aliphatic carbocycles. The van der Waals surface area contributed by atoms with Crippen LogP contribution in [-0.2, 0) is 6.54 Å². The Bertz CT molecular complexity index is 744. The fraction of sp³-hybridized carbons (Fsp3) is 0.278. The molecule has 126 valence electrons. The van der Waals surface area contributed by atoms with Crippen LogP contribution in [0.15, 0.2) is 36.4 Å². The molecule has 1 aliphatic rings. The van der Waals surface area contributed by atoms with Gasteiger partial charge in [-0.2, -0.15) is 0 Å². The van der Waals surface area contributed by atoms with Crippen molar-refractivity contribution in [2.24, 2.45) is 0 Å². The first kappa shape index (κ1) is 16.0. The number of ether oxygens (including phenoxy) is 4. The summed E-state index contributed by atoms with van der Waals surface area (Å²) in [6.07, 6.45) is 0. The number of nitrogens with one attached hydrogen (secondary N) is 1. The van der Waals surface area contributed by atoms with Gasteiger partial charge in [0.05, 0.1) is 13.7 Å². The fourth-order valence-electron chi connectivity index (χ4n) is 2.42. The second-order valence-electron chi connectivity index (χ2n) is 5.17. The molecule has 2 aromatic carbocycles. The number of carbonyl (C=O) groups excluding carboxylic acids is 1. The number of hydrogen-bond donors (Lipinski definition) is 1. The molecule has 2 aromatic rings. The highest BCUT2D eigenvalue weighted by atomic mass is 16.7. The van der Waals surface area contributed by atoms with E-state index < -0.39 is 0 Å². The number of benzene rings is 2. The second kappa shape index (κ2) is 7.12. The zero-order chi connectivity index (χ0) is 16.9. The highest BCUT2D eigenvalue weighted by molar-refractivity contribution is 5.94. The van der Waals surface area contributed by atoms with E-state index in [0.29, 0.717) is 36.0 Å². The standard InChI is InChI=1S/C18H19NO5/c1-3-22-14-7-5-13(9-16(14)21-2)18(20)19-10-12-4-6-15-17(8-12)24-11-23-15/h4-9H,3,10-11H2,1-2H3,(H,19,20). The van der Waals surface area contributed by atoms with E-state index in [0.717, 1.165) is 11.3 Å². The third kappa shape index (κ3) is 3.37. The SMILES string of the molecule is CCOc1ccc(C(=O)NCc2ccc3c(c2)OCO3)cc1OC. The summed E-state index contributed by atoms with van der Waals surface area (Å²) >= 11 is 0. The van der Waals surface area contributed by atoms with Crippen molar-refractivity contribution >= 4 is 5.91 Å². The van der Waals surface area contributed by atoms with Crippen molar-refractivity contribution in [1.82, 2.24) is 5.32 Å². The molecule has 1 N–H and O–H groups in total. The van der Waals surface area contributed by atoms with Gasteiger partial charge in [0.25, 0.3) is 5.91 Å². The van der Waals surface area contributed by atoms with Crippen molar-refractivity contribution in [1.29, 1.82) is 0 Å². The van der Waals surface area contributed by atoms with E-state index in [-0.39, 0.29) is 12.7 Å². The van der Waals surface area contributed by atoms with Crippen LogP contribution in [0.3, 0.4) is 0 Å². The molecule has 0 radical (unpaired) electrons. The molecular weight excluding hydrogens is 310 g/mol. The number of fused-ring (bicyclic) bond motifs is 1. The van der Waals surface area contributed by atoms with Gasteiger partial charge in [-0.1, -0.05) is 6.07 Å². The van der Waals surface area contributed by atoms with Gasteiger partial charge in [-0.3, -0.25) is 4.79 Å². The maximum atomic E-state index is 12.3. The average Bonchev–Trinajstić information content (AvgIpc) is 3.08. The number of rotatable bonds is 6. The zero-order valence-electron chi connectivity index (χ0n) is 13.6. The predicted octanol–water partition coefficient (Wildman–Crippen LogP) is 2.75. The van der Waals surface area contributed by atoms with Crippen molar-refractivity contribution in [3.63, 3.8) is 0 Å². The Balaban J connectivity index is 1.66. The molecule has 0 saturated heterocycles. The van der Waals surface area contributed by atoms with E-state index in [9.17, 15) is 4.79 Å². The van der Waals surface area contributed by atoms with Crippen LogP contribution in [0, 0.1) is 0 Å². The van der Waals surface area contributed by atoms with Gasteiger partial charge < -0.3 is 24.3 Å². The molecule has 0 bridgehead atoms. The molecule has 6 heteroatoms. The van der Waals surface area contributed by atoms with Crippen LogP contribution in [0.2, 0.25) is 0 Å². The van der Waals surface area contributed by atoms with Crippen molar-refractivity contribution in [3.05, 3.63) is 47.5 Å². The molecule has 24 heavy (non-hydrogen) atoms. The van der Waals surface area contributed by atoms with Gasteiger partial charge in [-0.15, -0.1) is 0 Å². The van der Waals surface area contributed by atoms with Crippen LogP contribution in [0.5, 0.6) is 23.0 Å². The highest BCUT2D eigenvalue weighted by Crippen LogP contribution is 2.32. The van der Waals surface area contributed by atoms with Gasteiger partial charge in [0.15, 0.2) is 23.0 Å². The Morgan fingerprint density at radius 2 is 1.96 bits per heavy atom. The van der Waals surface area contributed by atoms with E-state index in [4.69, 9.17) is 18.9 Å². The molecule has 1 aliphatic heterocycles. The normalized spacial score (nSPS) is 11.9. The number of hydrogen-bond acceptors (Lipinski definition) is 5. The van der Waals surface area contributed by atoms with Gasteiger partial charge in [0.1, 0.15) is 0 Å². The Kier molecular flexibility index (Phi) is 4.74. The van der Waals surface area contributed by atoms with Gasteiger partial charge >= 0.3 is 0 Å². The fourth-order valence-corrected chi connectivity index (χ4v) is 2.42. The summed E-state index contributed by atoms with van der Waals surface area (Å²) in [6.45, 7) is 3.06. The first-order valence-corrected chi connectivity index (χ1v) is 7.69. The lowest BCUT2D eigenvalue weighted by molar-refractivity contribution is 0.0950. The van der Waals surface area contributed by atoms with Crippen LogP contribution in [0.25, 0.3) is 0 Å². The minimum Gasteiger partial charge on any atom is -0.493 e. The molecule has 1 heterocycles. The topological polar surface area (TPSA) is 66.0 Å². The Morgan fingerprint density at radius 1 is 1.12 bits per heavy atom. The molecule has 1 amide bonds. The summed E-state index contributed by atoms with van der Waals surface area (Å²) in [7, 11) is 1.55. The van der Waals surface area contributed by atoms with Crippen LogP contribution in [0.1, 0.15) is 22.8 Å². The molecule has 0 spiro atoms. The summed E-state index contributed by atoms with van der Waals surface area (Å²) in [5.41, 5.74) is 1.45. The van der Waals surface area contributed by atoms with Crippen molar-refractivity contribution in [2.45, 2.75) is 13.5 Å². The molecule has 6 nitrogen and oxygen atoms in total. The first-order chi connectivity index (χ1) is 11.7. The predicted molar refractivity (Wildman–Crippen MR) is 87.9 cm³/mol. The largest absolute Gasteiger partial charge is 0.493 e. The summed E-state index contributed by atoms with van der Waals surface area (Å²) in [4.78, 5) is 12.3. The van der Waals surface area contributed by atoms with Gasteiger partial charge in [-0.05, 0) is 42.8 Å². The highest BCUT2D eigenvalue weighted by Gasteiger charge is 2.14. The molecular formula is C18H19NO5. The minimum atomic E-state index is -0.186. The Morgan fingerprint density at radius 3 is 2.75 bits per heavy atom. The van der Waals surface area contributed by atoms with E-state index in [1.54, 1.807) is 25.3 Å². The summed E-state index contributed by atoms with van der Waals surface area (Å²) in [5.74, 6) is 2.39. The summed E-state index contributed by atoms with van der Waals surface area (Å²) in [5, 5.41) is 2.88. The summed E-state index contributed by atoms with van der Waals surface area (Å²) in [6, 6.07) is 10.7. The minimum absolute atomic E-state index is 0.186.